The molecule has 1 atom stereocenters. The SMILES string of the molecule is CC1CCC/C(=C2\CCCNCC2)C1. The molecule has 1 aliphatic carbocycles. The van der Waals surface area contributed by atoms with E-state index in [4.69, 9.17) is 0 Å². The number of rotatable bonds is 0. The van der Waals surface area contributed by atoms with Crippen molar-refractivity contribution in [3.05, 3.63) is 11.1 Å². The van der Waals surface area contributed by atoms with Crippen LogP contribution in [-0.2, 0) is 0 Å². The van der Waals surface area contributed by atoms with Crippen LogP contribution in [0.4, 0.5) is 0 Å². The summed E-state index contributed by atoms with van der Waals surface area (Å²) < 4.78 is 0. The van der Waals surface area contributed by atoms with Gasteiger partial charge in [-0.15, -0.1) is 0 Å². The third kappa shape index (κ3) is 2.60. The van der Waals surface area contributed by atoms with Gasteiger partial charge in [-0.25, -0.2) is 0 Å². The summed E-state index contributed by atoms with van der Waals surface area (Å²) >= 11 is 0. The third-order valence-electron chi connectivity index (χ3n) is 3.71. The zero-order valence-corrected chi connectivity index (χ0v) is 9.44. The Morgan fingerprint density at radius 3 is 2.71 bits per heavy atom. The fourth-order valence-electron chi connectivity index (χ4n) is 2.88. The lowest BCUT2D eigenvalue weighted by Gasteiger charge is -2.23. The zero-order chi connectivity index (χ0) is 9.80. The average molecular weight is 193 g/mol. The van der Waals surface area contributed by atoms with Crippen LogP contribution < -0.4 is 5.32 Å². The standard InChI is InChI=1S/C13H23N/c1-11-4-2-5-13(10-11)12-6-3-8-14-9-7-12/h11,14H,2-10H2,1H3/b13-12-. The minimum absolute atomic E-state index is 0.947. The molecule has 0 radical (unpaired) electrons. The molecule has 2 fully saturated rings. The molecule has 0 aromatic heterocycles. The highest BCUT2D eigenvalue weighted by molar-refractivity contribution is 5.17. The number of hydrogen-bond acceptors (Lipinski definition) is 1. The Hall–Kier alpha value is -0.300. The molecule has 1 saturated heterocycles. The van der Waals surface area contributed by atoms with Crippen LogP contribution in [0, 0.1) is 5.92 Å². The molecule has 80 valence electrons. The van der Waals surface area contributed by atoms with Crippen LogP contribution in [0.25, 0.3) is 0 Å². The first kappa shape index (κ1) is 10.2. The number of hydrogen-bond donors (Lipinski definition) is 1. The highest BCUT2D eigenvalue weighted by Crippen LogP contribution is 2.32. The van der Waals surface area contributed by atoms with Crippen molar-refractivity contribution in [1.82, 2.24) is 5.32 Å². The summed E-state index contributed by atoms with van der Waals surface area (Å²) in [6.45, 7) is 4.86. The Morgan fingerprint density at radius 2 is 1.86 bits per heavy atom. The van der Waals surface area contributed by atoms with Gasteiger partial charge in [0.2, 0.25) is 0 Å². The molecule has 2 aliphatic rings. The minimum Gasteiger partial charge on any atom is -0.316 e. The number of allylic oxidation sites excluding steroid dienone is 1. The van der Waals surface area contributed by atoms with Crippen LogP contribution in [0.1, 0.15) is 51.9 Å². The molecule has 14 heavy (non-hydrogen) atoms. The second-order valence-corrected chi connectivity index (χ2v) is 5.01. The summed E-state index contributed by atoms with van der Waals surface area (Å²) in [7, 11) is 0. The normalized spacial score (nSPS) is 35.4. The van der Waals surface area contributed by atoms with Gasteiger partial charge >= 0.3 is 0 Å². The van der Waals surface area contributed by atoms with Crippen molar-refractivity contribution >= 4 is 0 Å². The molecule has 0 amide bonds. The van der Waals surface area contributed by atoms with Gasteiger partial charge in [-0.05, 0) is 57.5 Å². The van der Waals surface area contributed by atoms with Gasteiger partial charge in [0, 0.05) is 0 Å². The van der Waals surface area contributed by atoms with Crippen molar-refractivity contribution in [1.29, 1.82) is 0 Å². The van der Waals surface area contributed by atoms with Crippen LogP contribution in [0.15, 0.2) is 11.1 Å². The molecule has 0 spiro atoms. The summed E-state index contributed by atoms with van der Waals surface area (Å²) in [4.78, 5) is 0. The smallest absolute Gasteiger partial charge is 0.00115 e. The molecule has 1 aliphatic heterocycles. The Balaban J connectivity index is 2.03. The van der Waals surface area contributed by atoms with Crippen LogP contribution >= 0.6 is 0 Å². The average Bonchev–Trinajstić information content (AvgIpc) is 2.45. The highest BCUT2D eigenvalue weighted by atomic mass is 14.8. The Kier molecular flexibility index (Phi) is 3.63. The van der Waals surface area contributed by atoms with Crippen molar-refractivity contribution in [2.75, 3.05) is 13.1 Å². The van der Waals surface area contributed by atoms with Gasteiger partial charge in [-0.1, -0.05) is 24.5 Å². The van der Waals surface area contributed by atoms with Gasteiger partial charge in [0.1, 0.15) is 0 Å². The molecule has 0 aromatic rings. The summed E-state index contributed by atoms with van der Waals surface area (Å²) in [6, 6.07) is 0. The molecule has 1 heterocycles. The molecule has 0 aromatic carbocycles. The lowest BCUT2D eigenvalue weighted by molar-refractivity contribution is 0.447. The Morgan fingerprint density at radius 1 is 1.00 bits per heavy atom. The fraction of sp³-hybridized carbons (Fsp3) is 0.846. The van der Waals surface area contributed by atoms with E-state index < -0.39 is 0 Å². The monoisotopic (exact) mass is 193 g/mol. The molecule has 2 rings (SSSR count). The van der Waals surface area contributed by atoms with E-state index in [1.165, 1.54) is 58.0 Å². The minimum atomic E-state index is 0.947. The van der Waals surface area contributed by atoms with Crippen molar-refractivity contribution in [2.45, 2.75) is 51.9 Å². The van der Waals surface area contributed by atoms with E-state index >= 15 is 0 Å². The maximum atomic E-state index is 3.49. The molecule has 1 N–H and O–H groups in total. The van der Waals surface area contributed by atoms with Crippen molar-refractivity contribution in [3.8, 4) is 0 Å². The second-order valence-electron chi connectivity index (χ2n) is 5.01. The topological polar surface area (TPSA) is 12.0 Å². The summed E-state index contributed by atoms with van der Waals surface area (Å²) in [5.74, 6) is 0.947. The van der Waals surface area contributed by atoms with E-state index in [1.54, 1.807) is 5.57 Å². The van der Waals surface area contributed by atoms with E-state index in [-0.39, 0.29) is 0 Å². The van der Waals surface area contributed by atoms with Crippen molar-refractivity contribution in [3.63, 3.8) is 0 Å². The van der Waals surface area contributed by atoms with Crippen molar-refractivity contribution < 1.29 is 0 Å². The van der Waals surface area contributed by atoms with Crippen LogP contribution in [0.5, 0.6) is 0 Å². The van der Waals surface area contributed by atoms with Gasteiger partial charge in [-0.2, -0.15) is 0 Å². The first-order valence-electron chi connectivity index (χ1n) is 6.27. The predicted octanol–water partition coefficient (Wildman–Crippen LogP) is 3.27. The lowest BCUT2D eigenvalue weighted by atomic mass is 9.83. The summed E-state index contributed by atoms with van der Waals surface area (Å²) in [6.07, 6.45) is 9.74. The Labute approximate surface area is 88.0 Å². The third-order valence-corrected chi connectivity index (χ3v) is 3.71. The molecular formula is C13H23N. The van der Waals surface area contributed by atoms with Gasteiger partial charge in [0.15, 0.2) is 0 Å². The quantitative estimate of drug-likeness (QED) is 0.582. The first-order chi connectivity index (χ1) is 6.86. The Bertz CT molecular complexity index is 207. The highest BCUT2D eigenvalue weighted by Gasteiger charge is 2.16. The zero-order valence-electron chi connectivity index (χ0n) is 9.44. The van der Waals surface area contributed by atoms with Gasteiger partial charge in [0.05, 0.1) is 0 Å². The fourth-order valence-corrected chi connectivity index (χ4v) is 2.88. The summed E-state index contributed by atoms with van der Waals surface area (Å²) in [5, 5.41) is 3.49. The van der Waals surface area contributed by atoms with E-state index in [9.17, 15) is 0 Å². The first-order valence-corrected chi connectivity index (χ1v) is 6.27. The molecular weight excluding hydrogens is 170 g/mol. The van der Waals surface area contributed by atoms with E-state index in [0.717, 1.165) is 5.92 Å². The van der Waals surface area contributed by atoms with Crippen LogP contribution in [-0.4, -0.2) is 13.1 Å². The molecule has 1 saturated carbocycles. The summed E-state index contributed by atoms with van der Waals surface area (Å²) in [5.41, 5.74) is 3.63. The van der Waals surface area contributed by atoms with Crippen molar-refractivity contribution in [2.24, 2.45) is 5.92 Å². The van der Waals surface area contributed by atoms with Gasteiger partial charge in [0.25, 0.3) is 0 Å². The van der Waals surface area contributed by atoms with Crippen LogP contribution in [0.3, 0.4) is 0 Å². The van der Waals surface area contributed by atoms with E-state index in [1.807, 2.05) is 5.57 Å². The number of nitrogens with one attached hydrogen (secondary N) is 1. The van der Waals surface area contributed by atoms with Gasteiger partial charge < -0.3 is 5.32 Å². The van der Waals surface area contributed by atoms with E-state index in [0.29, 0.717) is 0 Å². The van der Waals surface area contributed by atoms with E-state index in [2.05, 4.69) is 12.2 Å². The lowest BCUT2D eigenvalue weighted by Crippen LogP contribution is -2.13. The maximum absolute atomic E-state index is 3.49. The molecule has 0 bridgehead atoms. The molecule has 1 unspecified atom stereocenters. The maximum Gasteiger partial charge on any atom is -0.00115 e. The second kappa shape index (κ2) is 4.97. The molecule has 1 heteroatoms. The predicted molar refractivity (Wildman–Crippen MR) is 61.4 cm³/mol. The van der Waals surface area contributed by atoms with Crippen LogP contribution in [0.2, 0.25) is 0 Å². The molecule has 1 nitrogen and oxygen atoms in total. The van der Waals surface area contributed by atoms with Gasteiger partial charge in [-0.3, -0.25) is 0 Å². The largest absolute Gasteiger partial charge is 0.316 e.